The lowest BCUT2D eigenvalue weighted by atomic mass is 10.2. The standard InChI is InChI=1S/C18H16N8O2S/c1-2-21-18(28)25-13-8-26-14(24-13)6-11(10-4-3-5-20-7-10)22-16(26)17-23-12(9-29-17)15(19)27/h3-9H,2H2,1H3,(H2,19,27)(H2,21,25,28). The van der Waals surface area contributed by atoms with Gasteiger partial charge in [0.15, 0.2) is 16.6 Å². The number of nitrogens with zero attached hydrogens (tertiary/aromatic N) is 5. The first-order valence-corrected chi connectivity index (χ1v) is 9.54. The fourth-order valence-corrected chi connectivity index (χ4v) is 3.47. The quantitative estimate of drug-likeness (QED) is 0.462. The number of carbonyl (C=O) groups is 2. The van der Waals surface area contributed by atoms with Gasteiger partial charge in [-0.3, -0.25) is 19.5 Å². The Hall–Kier alpha value is -3.86. The van der Waals surface area contributed by atoms with Crippen molar-refractivity contribution in [2.45, 2.75) is 6.92 Å². The second-order valence-corrected chi connectivity index (χ2v) is 6.81. The SMILES string of the molecule is CCNC(=O)Nc1cn2c(-c3nc(C(N)=O)cs3)nc(-c3cccnc3)cc2n1. The Morgan fingerprint density at radius 3 is 2.83 bits per heavy atom. The van der Waals surface area contributed by atoms with Crippen LogP contribution in [-0.4, -0.2) is 42.8 Å². The molecule has 0 aromatic carbocycles. The molecule has 4 aromatic rings. The zero-order valence-electron chi connectivity index (χ0n) is 15.3. The molecule has 0 aliphatic heterocycles. The maximum Gasteiger partial charge on any atom is 0.320 e. The van der Waals surface area contributed by atoms with E-state index in [4.69, 9.17) is 10.7 Å². The molecular formula is C18H16N8O2S. The topological polar surface area (TPSA) is 140 Å². The highest BCUT2D eigenvalue weighted by atomic mass is 32.1. The number of imidazole rings is 1. The predicted molar refractivity (Wildman–Crippen MR) is 109 cm³/mol. The van der Waals surface area contributed by atoms with Crippen molar-refractivity contribution in [3.8, 4) is 22.1 Å². The summed E-state index contributed by atoms with van der Waals surface area (Å²) in [6, 6.07) is 5.11. The van der Waals surface area contributed by atoms with Crippen molar-refractivity contribution in [2.75, 3.05) is 11.9 Å². The van der Waals surface area contributed by atoms with Crippen LogP contribution in [0.15, 0.2) is 42.2 Å². The van der Waals surface area contributed by atoms with Gasteiger partial charge in [0, 0.05) is 35.9 Å². The number of rotatable bonds is 5. The Balaban J connectivity index is 1.86. The summed E-state index contributed by atoms with van der Waals surface area (Å²) in [5.41, 5.74) is 7.47. The minimum atomic E-state index is -0.614. The summed E-state index contributed by atoms with van der Waals surface area (Å²) < 4.78 is 1.70. The number of pyridine rings is 1. The number of primary amides is 1. The smallest absolute Gasteiger partial charge is 0.320 e. The number of anilines is 1. The van der Waals surface area contributed by atoms with E-state index >= 15 is 0 Å². The number of fused-ring (bicyclic) bond motifs is 1. The molecule has 0 spiro atoms. The highest BCUT2D eigenvalue weighted by molar-refractivity contribution is 7.13. The minimum absolute atomic E-state index is 0.160. The third kappa shape index (κ3) is 3.75. The van der Waals surface area contributed by atoms with Gasteiger partial charge in [-0.1, -0.05) is 0 Å². The average Bonchev–Trinajstić information content (AvgIpc) is 3.35. The molecule has 3 amide bonds. The lowest BCUT2D eigenvalue weighted by Gasteiger charge is -2.06. The van der Waals surface area contributed by atoms with E-state index in [9.17, 15) is 9.59 Å². The Kier molecular flexibility index (Phi) is 4.87. The summed E-state index contributed by atoms with van der Waals surface area (Å²) in [5, 5.41) is 7.41. The van der Waals surface area contributed by atoms with Crippen molar-refractivity contribution in [3.63, 3.8) is 0 Å². The second-order valence-electron chi connectivity index (χ2n) is 5.95. The van der Waals surface area contributed by atoms with E-state index in [2.05, 4.69) is 25.6 Å². The van der Waals surface area contributed by atoms with Gasteiger partial charge in [0.05, 0.1) is 11.9 Å². The van der Waals surface area contributed by atoms with Crippen LogP contribution >= 0.6 is 11.3 Å². The van der Waals surface area contributed by atoms with Crippen LogP contribution in [0.25, 0.3) is 27.7 Å². The highest BCUT2D eigenvalue weighted by Gasteiger charge is 2.17. The first-order chi connectivity index (χ1) is 14.0. The highest BCUT2D eigenvalue weighted by Crippen LogP contribution is 2.28. The van der Waals surface area contributed by atoms with Crippen LogP contribution in [0, 0.1) is 0 Å². The van der Waals surface area contributed by atoms with Gasteiger partial charge in [-0.25, -0.2) is 19.7 Å². The third-order valence-corrected chi connectivity index (χ3v) is 4.78. The molecule has 146 valence electrons. The minimum Gasteiger partial charge on any atom is -0.364 e. The number of urea groups is 1. The molecular weight excluding hydrogens is 392 g/mol. The number of nitrogens with two attached hydrogens (primary N) is 1. The van der Waals surface area contributed by atoms with E-state index in [1.54, 1.807) is 34.4 Å². The summed E-state index contributed by atoms with van der Waals surface area (Å²) in [7, 11) is 0. The predicted octanol–water partition coefficient (Wildman–Crippen LogP) is 2.16. The van der Waals surface area contributed by atoms with Crippen molar-refractivity contribution in [3.05, 3.63) is 47.9 Å². The van der Waals surface area contributed by atoms with Gasteiger partial charge >= 0.3 is 6.03 Å². The molecule has 0 aliphatic rings. The maximum atomic E-state index is 11.9. The number of amides is 3. The lowest BCUT2D eigenvalue weighted by Crippen LogP contribution is -2.28. The van der Waals surface area contributed by atoms with E-state index in [1.807, 2.05) is 19.1 Å². The largest absolute Gasteiger partial charge is 0.364 e. The molecule has 4 rings (SSSR count). The Bertz CT molecular complexity index is 1200. The number of hydrogen-bond donors (Lipinski definition) is 3. The van der Waals surface area contributed by atoms with Crippen molar-refractivity contribution in [2.24, 2.45) is 5.73 Å². The second kappa shape index (κ2) is 7.64. The van der Waals surface area contributed by atoms with Gasteiger partial charge in [-0.05, 0) is 19.1 Å². The molecule has 0 aliphatic carbocycles. The van der Waals surface area contributed by atoms with E-state index in [0.717, 1.165) is 5.56 Å². The molecule has 0 saturated carbocycles. The summed E-state index contributed by atoms with van der Waals surface area (Å²) in [5.74, 6) is 0.209. The number of carbonyl (C=O) groups excluding carboxylic acids is 2. The summed E-state index contributed by atoms with van der Waals surface area (Å²) in [6.07, 6.45) is 5.01. The normalized spacial score (nSPS) is 10.8. The Labute approximate surface area is 168 Å². The average molecular weight is 408 g/mol. The molecule has 0 fully saturated rings. The van der Waals surface area contributed by atoms with Crippen LogP contribution in [0.3, 0.4) is 0 Å². The van der Waals surface area contributed by atoms with E-state index in [-0.39, 0.29) is 11.7 Å². The summed E-state index contributed by atoms with van der Waals surface area (Å²) >= 11 is 1.24. The zero-order chi connectivity index (χ0) is 20.4. The molecule has 29 heavy (non-hydrogen) atoms. The molecule has 0 radical (unpaired) electrons. The van der Waals surface area contributed by atoms with Gasteiger partial charge in [0.1, 0.15) is 11.3 Å². The van der Waals surface area contributed by atoms with E-state index in [1.165, 1.54) is 11.3 Å². The Morgan fingerprint density at radius 1 is 1.28 bits per heavy atom. The van der Waals surface area contributed by atoms with E-state index < -0.39 is 5.91 Å². The number of nitrogens with one attached hydrogen (secondary N) is 2. The van der Waals surface area contributed by atoms with Crippen LogP contribution in [0.1, 0.15) is 17.4 Å². The van der Waals surface area contributed by atoms with Crippen molar-refractivity contribution < 1.29 is 9.59 Å². The first kappa shape index (κ1) is 18.5. The molecule has 0 atom stereocenters. The third-order valence-electron chi connectivity index (χ3n) is 3.94. The van der Waals surface area contributed by atoms with Crippen LogP contribution in [0.5, 0.6) is 0 Å². The van der Waals surface area contributed by atoms with Gasteiger partial charge < -0.3 is 11.1 Å². The number of thiazole rings is 1. The van der Waals surface area contributed by atoms with Gasteiger partial charge in [-0.15, -0.1) is 11.3 Å². The molecule has 0 saturated heterocycles. The number of hydrogen-bond acceptors (Lipinski definition) is 7. The van der Waals surface area contributed by atoms with Gasteiger partial charge in [0.2, 0.25) is 0 Å². The van der Waals surface area contributed by atoms with Crippen molar-refractivity contribution in [1.82, 2.24) is 29.7 Å². The van der Waals surface area contributed by atoms with Crippen LogP contribution < -0.4 is 16.4 Å². The van der Waals surface area contributed by atoms with Crippen LogP contribution in [0.4, 0.5) is 10.6 Å². The van der Waals surface area contributed by atoms with Crippen LogP contribution in [-0.2, 0) is 0 Å². The van der Waals surface area contributed by atoms with Crippen molar-refractivity contribution >= 4 is 34.7 Å². The zero-order valence-corrected chi connectivity index (χ0v) is 16.1. The molecule has 11 heteroatoms. The molecule has 10 nitrogen and oxygen atoms in total. The first-order valence-electron chi connectivity index (χ1n) is 8.66. The fourth-order valence-electron chi connectivity index (χ4n) is 2.67. The molecule has 4 aromatic heterocycles. The van der Waals surface area contributed by atoms with Gasteiger partial charge in [0.25, 0.3) is 5.91 Å². The fraction of sp³-hybridized carbons (Fsp3) is 0.111. The van der Waals surface area contributed by atoms with E-state index in [0.29, 0.717) is 34.5 Å². The molecule has 4 heterocycles. The monoisotopic (exact) mass is 408 g/mol. The number of aromatic nitrogens is 5. The van der Waals surface area contributed by atoms with Gasteiger partial charge in [-0.2, -0.15) is 0 Å². The summed E-state index contributed by atoms with van der Waals surface area (Å²) in [6.45, 7) is 2.32. The molecule has 0 unspecified atom stereocenters. The van der Waals surface area contributed by atoms with Crippen LogP contribution in [0.2, 0.25) is 0 Å². The molecule has 0 bridgehead atoms. The lowest BCUT2D eigenvalue weighted by molar-refractivity contribution is 0.0996. The maximum absolute atomic E-state index is 11.9. The van der Waals surface area contributed by atoms with Crippen molar-refractivity contribution in [1.29, 1.82) is 0 Å². The summed E-state index contributed by atoms with van der Waals surface area (Å²) in [4.78, 5) is 40.9. The molecule has 4 N–H and O–H groups in total. The Morgan fingerprint density at radius 2 is 2.14 bits per heavy atom.